The van der Waals surface area contributed by atoms with E-state index in [1.54, 1.807) is 0 Å². The number of ether oxygens (including phenoxy) is 2. The second-order valence-corrected chi connectivity index (χ2v) is 16.2. The van der Waals surface area contributed by atoms with Crippen LogP contribution in [0.1, 0.15) is 113 Å². The van der Waals surface area contributed by atoms with Crippen LogP contribution < -0.4 is 31.9 Å². The van der Waals surface area contributed by atoms with Crippen molar-refractivity contribution in [3.8, 4) is 0 Å². The summed E-state index contributed by atoms with van der Waals surface area (Å²) in [7, 11) is 0. The number of amides is 4. The minimum absolute atomic E-state index is 0.0526. The number of aromatic nitrogens is 4. The lowest BCUT2D eigenvalue weighted by atomic mass is 10.00. The Morgan fingerprint density at radius 2 is 1.22 bits per heavy atom. The Labute approximate surface area is 337 Å². The first-order valence-electron chi connectivity index (χ1n) is 20.3. The van der Waals surface area contributed by atoms with Crippen molar-refractivity contribution in [2.45, 2.75) is 128 Å². The zero-order valence-corrected chi connectivity index (χ0v) is 33.5. The summed E-state index contributed by atoms with van der Waals surface area (Å²) >= 11 is 0. The minimum Gasteiger partial charge on any atom is -0.446 e. The third-order valence-electron chi connectivity index (χ3n) is 10.8. The number of nitrogens with one attached hydrogen (secondary N) is 8. The third-order valence-corrected chi connectivity index (χ3v) is 10.8. The average molecular weight is 795 g/mol. The summed E-state index contributed by atoms with van der Waals surface area (Å²) in [6, 6.07) is 16.2. The molecule has 4 aromatic rings. The van der Waals surface area contributed by atoms with Gasteiger partial charge in [-0.05, 0) is 114 Å². The monoisotopic (exact) mass is 794 g/mol. The maximum Gasteiger partial charge on any atom is 0.407 e. The molecule has 308 valence electrons. The molecule has 0 saturated heterocycles. The Bertz CT molecular complexity index is 1960. The number of H-pyrrole nitrogens is 2. The van der Waals surface area contributed by atoms with E-state index in [9.17, 15) is 19.2 Å². The highest BCUT2D eigenvalue weighted by Gasteiger charge is 2.31. The van der Waals surface area contributed by atoms with E-state index in [-0.39, 0.29) is 54.2 Å². The zero-order valence-electron chi connectivity index (χ0n) is 33.5. The summed E-state index contributed by atoms with van der Waals surface area (Å²) in [6.45, 7) is 8.23. The van der Waals surface area contributed by atoms with E-state index in [1.807, 2.05) is 76.2 Å². The second-order valence-electron chi connectivity index (χ2n) is 16.2. The van der Waals surface area contributed by atoms with Crippen molar-refractivity contribution in [1.29, 1.82) is 0 Å². The van der Waals surface area contributed by atoms with Gasteiger partial charge in [-0.3, -0.25) is 19.8 Å². The van der Waals surface area contributed by atoms with Gasteiger partial charge < -0.3 is 41.4 Å². The van der Waals surface area contributed by atoms with Gasteiger partial charge in [0.05, 0.1) is 6.42 Å². The maximum atomic E-state index is 11.8. The lowest BCUT2D eigenvalue weighted by molar-refractivity contribution is -0.121. The van der Waals surface area contributed by atoms with Crippen LogP contribution in [0.4, 0.5) is 38.3 Å². The maximum absolute atomic E-state index is 11.8. The summed E-state index contributed by atoms with van der Waals surface area (Å²) in [4.78, 5) is 46.8. The number of rotatable bonds is 10. The largest absolute Gasteiger partial charge is 0.446 e. The first-order valence-corrected chi connectivity index (χ1v) is 20.3. The molecule has 2 aromatic heterocycles. The Morgan fingerprint density at radius 3 is 1.79 bits per heavy atom. The van der Waals surface area contributed by atoms with Crippen molar-refractivity contribution in [1.82, 2.24) is 36.3 Å². The number of hydrogen-bond acceptors (Lipinski definition) is 10. The summed E-state index contributed by atoms with van der Waals surface area (Å²) in [5.41, 5.74) is 8.07. The smallest absolute Gasteiger partial charge is 0.407 e. The number of fused-ring (bicyclic) bond motifs is 2. The lowest BCUT2D eigenvalue weighted by Crippen LogP contribution is -2.33. The molecular weight excluding hydrogens is 741 g/mol. The lowest BCUT2D eigenvalue weighted by Gasteiger charge is -2.17. The number of benzene rings is 2. The third kappa shape index (κ3) is 10.7. The number of carbonyl (C=O) groups is 4. The van der Waals surface area contributed by atoms with E-state index >= 15 is 0 Å². The van der Waals surface area contributed by atoms with Crippen molar-refractivity contribution in [2.75, 3.05) is 16.0 Å². The molecule has 58 heavy (non-hydrogen) atoms. The van der Waals surface area contributed by atoms with Crippen LogP contribution in [-0.2, 0) is 38.4 Å². The van der Waals surface area contributed by atoms with Gasteiger partial charge in [0, 0.05) is 77.5 Å². The molecule has 4 atom stereocenters. The normalized spacial score (nSPS) is 20.9. The number of aromatic amines is 2. The number of aryl methyl sites for hydroxylation is 1. The molecule has 2 aliphatic carbocycles. The van der Waals surface area contributed by atoms with Gasteiger partial charge in [0.1, 0.15) is 12.2 Å². The first kappa shape index (κ1) is 40.1. The Kier molecular flexibility index (Phi) is 12.5. The zero-order chi connectivity index (χ0) is 40.8. The molecule has 16 nitrogen and oxygen atoms in total. The average Bonchev–Trinajstić information content (AvgIpc) is 4.00. The Hall–Kier alpha value is -6.06. The number of anilines is 5. The van der Waals surface area contributed by atoms with Gasteiger partial charge in [-0.15, -0.1) is 0 Å². The predicted octanol–water partition coefficient (Wildman–Crippen LogP) is 6.91. The van der Waals surface area contributed by atoms with Gasteiger partial charge >= 0.3 is 12.2 Å². The first-order chi connectivity index (χ1) is 27.9. The van der Waals surface area contributed by atoms with Crippen molar-refractivity contribution in [3.63, 3.8) is 0 Å². The SMILES string of the molecule is CC(C)NC(=O)OC1CC[C@H](c2cc(Nc3ccc4c(c3)CC(=O)NC4)n[nH]2)C1.CC(C)NC(=O)O[C@@H]1CC[C@H](c2cc(Nc3ccc4c(c3)NC(=O)CC4)n[nH]2)C1. The summed E-state index contributed by atoms with van der Waals surface area (Å²) < 4.78 is 11.0. The summed E-state index contributed by atoms with van der Waals surface area (Å²) in [5.74, 6) is 2.15. The minimum atomic E-state index is -0.350. The van der Waals surface area contributed by atoms with Crippen LogP contribution in [0.2, 0.25) is 0 Å². The molecule has 4 aliphatic rings. The van der Waals surface area contributed by atoms with Gasteiger partial charge in [-0.1, -0.05) is 12.1 Å². The fourth-order valence-corrected chi connectivity index (χ4v) is 7.94. The number of carbonyl (C=O) groups excluding carboxylic acids is 4. The molecule has 8 N–H and O–H groups in total. The highest BCUT2D eigenvalue weighted by atomic mass is 16.6. The topological polar surface area (TPSA) is 216 Å². The van der Waals surface area contributed by atoms with Crippen LogP contribution in [0.3, 0.4) is 0 Å². The van der Waals surface area contributed by atoms with Gasteiger partial charge in [0.2, 0.25) is 11.8 Å². The second kappa shape index (κ2) is 18.0. The van der Waals surface area contributed by atoms with Crippen molar-refractivity contribution >= 4 is 52.7 Å². The predicted molar refractivity (Wildman–Crippen MR) is 219 cm³/mol. The number of alkyl carbamates (subject to hydrolysis) is 2. The highest BCUT2D eigenvalue weighted by molar-refractivity contribution is 5.94. The van der Waals surface area contributed by atoms with Crippen LogP contribution >= 0.6 is 0 Å². The fourth-order valence-electron chi connectivity index (χ4n) is 7.94. The molecule has 8 rings (SSSR count). The molecule has 4 amide bonds. The van der Waals surface area contributed by atoms with E-state index in [0.717, 1.165) is 102 Å². The van der Waals surface area contributed by atoms with Crippen molar-refractivity contribution < 1.29 is 28.7 Å². The van der Waals surface area contributed by atoms with E-state index in [2.05, 4.69) is 52.3 Å². The molecule has 2 fully saturated rings. The number of nitrogens with zero attached hydrogens (tertiary/aromatic N) is 2. The fraction of sp³-hybridized carbons (Fsp3) is 0.476. The van der Waals surface area contributed by atoms with Crippen LogP contribution in [0.15, 0.2) is 48.5 Å². The molecule has 4 heterocycles. The van der Waals surface area contributed by atoms with Crippen molar-refractivity contribution in [2.24, 2.45) is 0 Å². The van der Waals surface area contributed by atoms with E-state index in [4.69, 9.17) is 9.47 Å². The molecular formula is C42H54N10O6. The molecule has 2 saturated carbocycles. The van der Waals surface area contributed by atoms with Gasteiger partial charge in [-0.2, -0.15) is 10.2 Å². The molecule has 16 heteroatoms. The summed E-state index contributed by atoms with van der Waals surface area (Å²) in [6.07, 6.45) is 6.07. The molecule has 0 bridgehead atoms. The molecule has 2 aromatic carbocycles. The number of hydrogen-bond donors (Lipinski definition) is 8. The molecule has 1 unspecified atom stereocenters. The van der Waals surface area contributed by atoms with Crippen LogP contribution in [0.25, 0.3) is 0 Å². The van der Waals surface area contributed by atoms with Gasteiger partial charge in [0.25, 0.3) is 0 Å². The van der Waals surface area contributed by atoms with Gasteiger partial charge in [0.15, 0.2) is 11.6 Å². The quantitative estimate of drug-likeness (QED) is 0.0830. The summed E-state index contributed by atoms with van der Waals surface area (Å²) in [5, 5.41) is 32.8. The van der Waals surface area contributed by atoms with E-state index in [1.165, 1.54) is 0 Å². The Balaban J connectivity index is 0.000000177. The highest BCUT2D eigenvalue weighted by Crippen LogP contribution is 2.38. The van der Waals surface area contributed by atoms with Gasteiger partial charge in [-0.25, -0.2) is 9.59 Å². The molecule has 0 radical (unpaired) electrons. The van der Waals surface area contributed by atoms with E-state index in [0.29, 0.717) is 25.3 Å². The van der Waals surface area contributed by atoms with Crippen LogP contribution in [0.5, 0.6) is 0 Å². The standard InChI is InChI=1S/2C21H27N5O3/c1-12(2)22-21(28)29-16-7-4-14(9-16)18-11-19(26-25-18)23-15-6-3-13-5-8-20(27)24-17(13)10-15;1-12(2)23-21(28)29-17-6-4-13(8-17)18-10-19(26-25-18)24-16-5-3-14-11-22-20(27)9-15(14)7-16/h3,6,10-12,14,16H,4-5,7-9H2,1-2H3,(H,22,28)(H,24,27)(H2,23,25,26);3,5,7,10,12-13,17H,4,6,8-9,11H2,1-2H3,(H,22,27)(H,23,28)(H2,24,25,26)/t14-,16+;13-,17?/m00/s1. The van der Waals surface area contributed by atoms with E-state index < -0.39 is 0 Å². The Morgan fingerprint density at radius 1 is 0.672 bits per heavy atom. The molecule has 2 aliphatic heterocycles. The van der Waals surface area contributed by atoms with Crippen LogP contribution in [0, 0.1) is 0 Å². The van der Waals surface area contributed by atoms with Crippen molar-refractivity contribution in [3.05, 3.63) is 76.6 Å². The van der Waals surface area contributed by atoms with Crippen LogP contribution in [-0.4, -0.2) is 68.7 Å². The molecule has 0 spiro atoms.